The van der Waals surface area contributed by atoms with Crippen molar-refractivity contribution in [1.82, 2.24) is 0 Å². The normalized spacial score (nSPS) is 18.7. The van der Waals surface area contributed by atoms with Crippen LogP contribution in [0.2, 0.25) is 0 Å². The van der Waals surface area contributed by atoms with Crippen LogP contribution in [0.25, 0.3) is 0 Å². The van der Waals surface area contributed by atoms with Gasteiger partial charge in [-0.1, -0.05) is 205 Å². The van der Waals surface area contributed by atoms with E-state index in [1.54, 1.807) is 0 Å². The number of aliphatic hydroxyl groups excluding tert-OH is 2. The average molecular weight is 1010 g/mol. The lowest BCUT2D eigenvalue weighted by Crippen LogP contribution is -2.61. The van der Waals surface area contributed by atoms with Gasteiger partial charge in [0.2, 0.25) is 0 Å². The second-order valence-electron chi connectivity index (χ2n) is 19.9. The van der Waals surface area contributed by atoms with Gasteiger partial charge in [-0.25, -0.2) is 4.79 Å². The third kappa shape index (κ3) is 38.2. The molecular weight excluding hydrogens is 901 g/mol. The summed E-state index contributed by atoms with van der Waals surface area (Å²) in [5, 5.41) is 31.4. The highest BCUT2D eigenvalue weighted by Crippen LogP contribution is 2.26. The van der Waals surface area contributed by atoms with Gasteiger partial charge in [-0.2, -0.15) is 0 Å². The number of carboxylic acid groups (broad SMARTS) is 1. The van der Waals surface area contributed by atoms with Crippen molar-refractivity contribution in [3.63, 3.8) is 0 Å². The number of carbonyl (C=O) groups excluding carboxylic acids is 3. The first-order valence-corrected chi connectivity index (χ1v) is 29.0. The monoisotopic (exact) mass is 1000 g/mol. The third-order valence-corrected chi connectivity index (χ3v) is 13.2. The van der Waals surface area contributed by atoms with Crippen molar-refractivity contribution in [2.24, 2.45) is 0 Å². The summed E-state index contributed by atoms with van der Waals surface area (Å²) in [6, 6.07) is 0. The van der Waals surface area contributed by atoms with E-state index in [9.17, 15) is 34.5 Å². The topological polar surface area (TPSA) is 175 Å². The minimum absolute atomic E-state index is 0.0528. The van der Waals surface area contributed by atoms with Crippen molar-refractivity contribution in [2.45, 2.75) is 302 Å². The second kappa shape index (κ2) is 47.9. The van der Waals surface area contributed by atoms with Crippen molar-refractivity contribution < 1.29 is 58.2 Å². The molecule has 1 aliphatic heterocycles. The molecule has 1 aliphatic rings. The van der Waals surface area contributed by atoms with E-state index in [-0.39, 0.29) is 25.9 Å². The number of unbranched alkanes of at least 4 members (excludes halogenated alkanes) is 29. The number of hydrogen-bond acceptors (Lipinski definition) is 11. The van der Waals surface area contributed by atoms with Gasteiger partial charge in [-0.3, -0.25) is 14.4 Å². The molecular formula is C59H104O12. The maximum Gasteiger partial charge on any atom is 0.335 e. The molecule has 1 fully saturated rings. The lowest BCUT2D eigenvalue weighted by Gasteiger charge is -2.40. The molecule has 1 saturated heterocycles. The van der Waals surface area contributed by atoms with Gasteiger partial charge >= 0.3 is 23.9 Å². The van der Waals surface area contributed by atoms with Crippen LogP contribution < -0.4 is 0 Å². The number of carbonyl (C=O) groups is 4. The number of aliphatic carboxylic acids is 1. The van der Waals surface area contributed by atoms with E-state index in [1.165, 1.54) is 109 Å². The Balaban J connectivity index is 2.66. The molecule has 6 atom stereocenters. The van der Waals surface area contributed by atoms with Gasteiger partial charge in [0.25, 0.3) is 0 Å². The third-order valence-electron chi connectivity index (χ3n) is 13.2. The van der Waals surface area contributed by atoms with Crippen molar-refractivity contribution in [3.05, 3.63) is 36.5 Å². The Morgan fingerprint density at radius 2 is 0.845 bits per heavy atom. The molecule has 0 aromatic heterocycles. The molecule has 1 heterocycles. The zero-order chi connectivity index (χ0) is 51.8. The van der Waals surface area contributed by atoms with Gasteiger partial charge in [0.1, 0.15) is 18.8 Å². The summed E-state index contributed by atoms with van der Waals surface area (Å²) >= 11 is 0. The molecule has 0 aromatic carbocycles. The minimum atomic E-state index is -1.90. The van der Waals surface area contributed by atoms with Crippen molar-refractivity contribution >= 4 is 23.9 Å². The standard InChI is InChI=1S/C59H104O12/c1-4-7-10-13-16-19-21-23-25-26-28-29-31-34-36-39-42-45-51(60)67-48-50(69-52(61)46-43-40-37-33-18-15-12-9-6-3)49-68-59-57(55(64)54(63)56(71-59)58(65)66)70-53(62)47-44-41-38-35-32-30-27-24-22-20-17-14-11-8-5-2/h16,19,23-25,27,50,54-57,59,63-64H,4-15,17-18,20-22,26,28-49H2,1-3H3,(H,65,66)/b19-16-,25-23-,27-24-. The molecule has 0 radical (unpaired) electrons. The van der Waals surface area contributed by atoms with E-state index < -0.39 is 67.3 Å². The Morgan fingerprint density at radius 1 is 0.465 bits per heavy atom. The molecule has 71 heavy (non-hydrogen) atoms. The number of esters is 3. The van der Waals surface area contributed by atoms with E-state index >= 15 is 0 Å². The summed E-state index contributed by atoms with van der Waals surface area (Å²) in [7, 11) is 0. The van der Waals surface area contributed by atoms with Gasteiger partial charge in [0.15, 0.2) is 24.6 Å². The van der Waals surface area contributed by atoms with Crippen LogP contribution in [-0.4, -0.2) is 89.2 Å². The summed E-state index contributed by atoms with van der Waals surface area (Å²) in [5.41, 5.74) is 0. The van der Waals surface area contributed by atoms with Crippen LogP contribution in [0.3, 0.4) is 0 Å². The molecule has 0 aliphatic carbocycles. The van der Waals surface area contributed by atoms with Crippen molar-refractivity contribution in [3.8, 4) is 0 Å². The Hall–Kier alpha value is -3.06. The zero-order valence-corrected chi connectivity index (χ0v) is 45.2. The first-order valence-electron chi connectivity index (χ1n) is 29.0. The van der Waals surface area contributed by atoms with Gasteiger partial charge < -0.3 is 39.0 Å². The van der Waals surface area contributed by atoms with Gasteiger partial charge in [-0.05, 0) is 77.0 Å². The van der Waals surface area contributed by atoms with Crippen LogP contribution in [0.1, 0.15) is 265 Å². The minimum Gasteiger partial charge on any atom is -0.479 e. The zero-order valence-electron chi connectivity index (χ0n) is 45.2. The highest BCUT2D eigenvalue weighted by atomic mass is 16.7. The number of rotatable bonds is 49. The molecule has 6 unspecified atom stereocenters. The maximum atomic E-state index is 13.1. The summed E-state index contributed by atoms with van der Waals surface area (Å²) in [5.74, 6) is -3.12. The Kier molecular flexibility index (Phi) is 44.5. The smallest absolute Gasteiger partial charge is 0.335 e. The fourth-order valence-electron chi connectivity index (χ4n) is 8.69. The molecule has 12 nitrogen and oxygen atoms in total. The molecule has 412 valence electrons. The van der Waals surface area contributed by atoms with E-state index in [1.807, 2.05) is 0 Å². The number of ether oxygens (including phenoxy) is 5. The number of carboxylic acids is 1. The van der Waals surface area contributed by atoms with Crippen molar-refractivity contribution in [1.29, 1.82) is 0 Å². The largest absolute Gasteiger partial charge is 0.479 e. The summed E-state index contributed by atoms with van der Waals surface area (Å²) in [6.07, 6.45) is 42.7. The second-order valence-corrected chi connectivity index (χ2v) is 19.9. The lowest BCUT2D eigenvalue weighted by molar-refractivity contribution is -0.301. The predicted molar refractivity (Wildman–Crippen MR) is 285 cm³/mol. The number of aliphatic hydroxyl groups is 2. The van der Waals surface area contributed by atoms with Crippen LogP contribution in [0.15, 0.2) is 36.5 Å². The van der Waals surface area contributed by atoms with Crippen LogP contribution >= 0.6 is 0 Å². The molecule has 0 bridgehead atoms. The first kappa shape index (κ1) is 66.0. The van der Waals surface area contributed by atoms with E-state index in [4.69, 9.17) is 23.7 Å². The molecule has 0 spiro atoms. The van der Waals surface area contributed by atoms with Crippen LogP contribution in [0.4, 0.5) is 0 Å². The summed E-state index contributed by atoms with van der Waals surface area (Å²) < 4.78 is 28.3. The molecule has 12 heteroatoms. The molecule has 0 aromatic rings. The van der Waals surface area contributed by atoms with Gasteiger partial charge in [0.05, 0.1) is 6.61 Å². The highest BCUT2D eigenvalue weighted by Gasteiger charge is 2.50. The lowest BCUT2D eigenvalue weighted by atomic mass is 9.98. The van der Waals surface area contributed by atoms with Crippen LogP contribution in [0.5, 0.6) is 0 Å². The molecule has 1 rings (SSSR count). The maximum absolute atomic E-state index is 13.1. The van der Waals surface area contributed by atoms with Crippen LogP contribution in [-0.2, 0) is 42.9 Å². The molecule has 3 N–H and O–H groups in total. The van der Waals surface area contributed by atoms with Gasteiger partial charge in [-0.15, -0.1) is 0 Å². The summed E-state index contributed by atoms with van der Waals surface area (Å²) in [6.45, 7) is 5.93. The first-order chi connectivity index (χ1) is 34.6. The van der Waals surface area contributed by atoms with Gasteiger partial charge in [0, 0.05) is 19.3 Å². The number of hydrogen-bond donors (Lipinski definition) is 3. The SMILES string of the molecule is CCCCC/C=C\C/C=C\CCCCCCCCCC(=O)OCC(COC1OC(C(=O)O)C(O)C(O)C1OC(=O)CCCCCCC/C=C\CCCCCCCC)OC(=O)CCCCCCCCCCC. The highest BCUT2D eigenvalue weighted by molar-refractivity contribution is 5.74. The fraction of sp³-hybridized carbons (Fsp3) is 0.831. The van der Waals surface area contributed by atoms with E-state index in [2.05, 4.69) is 57.2 Å². The molecule has 0 amide bonds. The van der Waals surface area contributed by atoms with Crippen molar-refractivity contribution in [2.75, 3.05) is 13.2 Å². The summed E-state index contributed by atoms with van der Waals surface area (Å²) in [4.78, 5) is 50.9. The quantitative estimate of drug-likeness (QED) is 0.0228. The Labute approximate surface area is 431 Å². The Bertz CT molecular complexity index is 1380. The Morgan fingerprint density at radius 3 is 1.31 bits per heavy atom. The number of allylic oxidation sites excluding steroid dienone is 6. The van der Waals surface area contributed by atoms with Crippen LogP contribution in [0, 0.1) is 0 Å². The fourth-order valence-corrected chi connectivity index (χ4v) is 8.69. The molecule has 0 saturated carbocycles. The average Bonchev–Trinajstić information content (AvgIpc) is 3.35. The van der Waals surface area contributed by atoms with E-state index in [0.29, 0.717) is 19.3 Å². The van der Waals surface area contributed by atoms with E-state index in [0.717, 1.165) is 96.3 Å². The predicted octanol–water partition coefficient (Wildman–Crippen LogP) is 14.5.